The normalized spacial score (nSPS) is 23.7. The van der Waals surface area contributed by atoms with Crippen LogP contribution in [-0.2, 0) is 11.8 Å². The zero-order valence-electron chi connectivity index (χ0n) is 16.3. The van der Waals surface area contributed by atoms with Crippen molar-refractivity contribution in [2.45, 2.75) is 31.4 Å². The van der Waals surface area contributed by atoms with Crippen LogP contribution in [0.3, 0.4) is 0 Å². The van der Waals surface area contributed by atoms with E-state index in [0.717, 1.165) is 25.2 Å². The van der Waals surface area contributed by atoms with E-state index >= 15 is 0 Å². The number of halogens is 1. The lowest BCUT2D eigenvalue weighted by atomic mass is 9.98. The van der Waals surface area contributed by atoms with Crippen molar-refractivity contribution in [3.05, 3.63) is 53.6 Å². The topological polar surface area (TPSA) is 50.6 Å². The van der Waals surface area contributed by atoms with Gasteiger partial charge in [0, 0.05) is 37.5 Å². The monoisotopic (exact) mass is 386 g/mol. The number of carbonyl (C=O) groups is 1. The maximum Gasteiger partial charge on any atom is 0.254 e. The predicted molar refractivity (Wildman–Crippen MR) is 103 cm³/mol. The average Bonchev–Trinajstić information content (AvgIpc) is 3.14. The van der Waals surface area contributed by atoms with Crippen LogP contribution in [0, 0.1) is 5.82 Å². The predicted octanol–water partition coefficient (Wildman–Crippen LogP) is 2.63. The van der Waals surface area contributed by atoms with Crippen LogP contribution in [0.2, 0.25) is 0 Å². The zero-order chi connectivity index (χ0) is 19.5. The number of rotatable bonds is 4. The molecule has 0 bridgehead atoms. The second kappa shape index (κ2) is 8.41. The number of amides is 1. The van der Waals surface area contributed by atoms with E-state index in [2.05, 4.69) is 10.00 Å². The molecule has 2 saturated heterocycles. The number of ether oxygens (including phenoxy) is 1. The molecule has 2 aliphatic heterocycles. The highest BCUT2D eigenvalue weighted by Crippen LogP contribution is 2.32. The second-order valence-electron chi connectivity index (χ2n) is 7.67. The first-order valence-electron chi connectivity index (χ1n) is 10.0. The number of benzene rings is 1. The summed E-state index contributed by atoms with van der Waals surface area (Å²) in [5.41, 5.74) is 1.47. The van der Waals surface area contributed by atoms with Crippen LogP contribution in [0.1, 0.15) is 41.2 Å². The Labute approximate surface area is 164 Å². The quantitative estimate of drug-likeness (QED) is 0.811. The van der Waals surface area contributed by atoms with Crippen LogP contribution >= 0.6 is 0 Å². The van der Waals surface area contributed by atoms with Crippen LogP contribution in [0.5, 0.6) is 0 Å². The minimum absolute atomic E-state index is 0.0965. The van der Waals surface area contributed by atoms with Gasteiger partial charge in [-0.3, -0.25) is 9.48 Å². The maximum atomic E-state index is 13.3. The van der Waals surface area contributed by atoms with E-state index in [4.69, 9.17) is 4.74 Å². The third-order valence-corrected chi connectivity index (χ3v) is 5.66. The molecule has 1 aromatic heterocycles. The molecule has 2 atom stereocenters. The summed E-state index contributed by atoms with van der Waals surface area (Å²) < 4.78 is 21.2. The molecule has 0 radical (unpaired) electrons. The summed E-state index contributed by atoms with van der Waals surface area (Å²) in [6, 6.07) is 5.55. The minimum atomic E-state index is -0.342. The van der Waals surface area contributed by atoms with Crippen LogP contribution in [0.25, 0.3) is 0 Å². The Morgan fingerprint density at radius 3 is 2.61 bits per heavy atom. The van der Waals surface area contributed by atoms with E-state index in [1.165, 1.54) is 31.4 Å². The van der Waals surface area contributed by atoms with Crippen molar-refractivity contribution in [2.24, 2.45) is 7.05 Å². The zero-order valence-corrected chi connectivity index (χ0v) is 16.3. The molecule has 150 valence electrons. The Morgan fingerprint density at radius 2 is 1.93 bits per heavy atom. The summed E-state index contributed by atoms with van der Waals surface area (Å²) in [6.45, 7) is 3.96. The summed E-state index contributed by atoms with van der Waals surface area (Å²) >= 11 is 0. The number of likely N-dealkylation sites (tertiary alicyclic amines) is 1. The third kappa shape index (κ3) is 4.10. The van der Waals surface area contributed by atoms with Gasteiger partial charge in [-0.2, -0.15) is 5.10 Å². The fourth-order valence-electron chi connectivity index (χ4n) is 4.26. The molecule has 2 aliphatic rings. The van der Waals surface area contributed by atoms with Gasteiger partial charge in [0.2, 0.25) is 0 Å². The molecule has 2 fully saturated rings. The molecule has 28 heavy (non-hydrogen) atoms. The lowest BCUT2D eigenvalue weighted by molar-refractivity contribution is -0.0741. The molecule has 0 saturated carbocycles. The Kier molecular flexibility index (Phi) is 5.73. The van der Waals surface area contributed by atoms with Crippen molar-refractivity contribution < 1.29 is 13.9 Å². The lowest BCUT2D eigenvalue weighted by Gasteiger charge is -2.43. The molecule has 1 amide bonds. The van der Waals surface area contributed by atoms with E-state index in [9.17, 15) is 9.18 Å². The van der Waals surface area contributed by atoms with Crippen LogP contribution in [0.15, 0.2) is 36.7 Å². The van der Waals surface area contributed by atoms with Crippen molar-refractivity contribution >= 4 is 5.91 Å². The molecule has 2 aromatic rings. The minimum Gasteiger partial charge on any atom is -0.373 e. The number of aromatic nitrogens is 2. The molecule has 0 N–H and O–H groups in total. The van der Waals surface area contributed by atoms with Crippen LogP contribution in [-0.4, -0.2) is 64.4 Å². The molecule has 0 spiro atoms. The Hall–Kier alpha value is -2.25. The van der Waals surface area contributed by atoms with Crippen molar-refractivity contribution in [3.63, 3.8) is 0 Å². The number of hydrogen-bond donors (Lipinski definition) is 0. The van der Waals surface area contributed by atoms with Crippen molar-refractivity contribution in [1.29, 1.82) is 0 Å². The van der Waals surface area contributed by atoms with Crippen LogP contribution in [0.4, 0.5) is 4.39 Å². The standard InChI is InChI=1S/C21H27FN4O2/c1-24-14-17(13-23-24)20-19(15-25-9-3-2-4-10-25)28-12-11-26(20)21(27)16-5-7-18(22)8-6-16/h5-8,13-14,19-20H,2-4,9-12,15H2,1H3/t19-,20-/m0/s1. The highest BCUT2D eigenvalue weighted by Gasteiger charge is 2.38. The molecular formula is C21H27FN4O2. The van der Waals surface area contributed by atoms with E-state index in [-0.39, 0.29) is 23.9 Å². The van der Waals surface area contributed by atoms with Crippen molar-refractivity contribution in [2.75, 3.05) is 32.8 Å². The third-order valence-electron chi connectivity index (χ3n) is 5.66. The highest BCUT2D eigenvalue weighted by atomic mass is 19.1. The van der Waals surface area contributed by atoms with Crippen LogP contribution < -0.4 is 0 Å². The van der Waals surface area contributed by atoms with E-state index in [1.54, 1.807) is 16.8 Å². The van der Waals surface area contributed by atoms with Gasteiger partial charge in [0.25, 0.3) is 5.91 Å². The number of carbonyl (C=O) groups excluding carboxylic acids is 1. The van der Waals surface area contributed by atoms with Crippen molar-refractivity contribution in [3.8, 4) is 0 Å². The molecule has 6 nitrogen and oxygen atoms in total. The summed E-state index contributed by atoms with van der Waals surface area (Å²) in [5, 5.41) is 4.31. The smallest absolute Gasteiger partial charge is 0.254 e. The Bertz CT molecular complexity index is 801. The van der Waals surface area contributed by atoms with Gasteiger partial charge in [0.1, 0.15) is 5.82 Å². The van der Waals surface area contributed by atoms with Gasteiger partial charge in [0.15, 0.2) is 0 Å². The summed E-state index contributed by atoms with van der Waals surface area (Å²) in [6.07, 6.45) is 7.36. The fraction of sp³-hybridized carbons (Fsp3) is 0.524. The van der Waals surface area contributed by atoms with Gasteiger partial charge in [0.05, 0.1) is 24.9 Å². The first-order valence-corrected chi connectivity index (χ1v) is 10.0. The first kappa shape index (κ1) is 19.1. The second-order valence-corrected chi connectivity index (χ2v) is 7.67. The average molecular weight is 386 g/mol. The van der Waals surface area contributed by atoms with E-state index < -0.39 is 0 Å². The summed E-state index contributed by atoms with van der Waals surface area (Å²) in [4.78, 5) is 17.5. The first-order chi connectivity index (χ1) is 13.6. The van der Waals surface area contributed by atoms with Gasteiger partial charge in [-0.25, -0.2) is 4.39 Å². The lowest BCUT2D eigenvalue weighted by Crippen LogP contribution is -2.52. The number of aryl methyl sites for hydroxylation is 1. The number of hydrogen-bond acceptors (Lipinski definition) is 4. The van der Waals surface area contributed by atoms with Gasteiger partial charge < -0.3 is 14.5 Å². The van der Waals surface area contributed by atoms with Gasteiger partial charge in [-0.15, -0.1) is 0 Å². The van der Waals surface area contributed by atoms with E-state index in [0.29, 0.717) is 18.7 Å². The Balaban J connectivity index is 1.61. The van der Waals surface area contributed by atoms with Gasteiger partial charge >= 0.3 is 0 Å². The molecule has 3 heterocycles. The molecular weight excluding hydrogens is 359 g/mol. The molecule has 0 unspecified atom stereocenters. The summed E-state index contributed by atoms with van der Waals surface area (Å²) in [7, 11) is 1.87. The molecule has 1 aromatic carbocycles. The van der Waals surface area contributed by atoms with Gasteiger partial charge in [-0.1, -0.05) is 6.42 Å². The van der Waals surface area contributed by atoms with Gasteiger partial charge in [-0.05, 0) is 50.2 Å². The summed E-state index contributed by atoms with van der Waals surface area (Å²) in [5.74, 6) is -0.439. The number of piperidine rings is 1. The number of morpholine rings is 1. The fourth-order valence-corrected chi connectivity index (χ4v) is 4.26. The molecule has 0 aliphatic carbocycles. The number of nitrogens with zero attached hydrogens (tertiary/aromatic N) is 4. The Morgan fingerprint density at radius 1 is 1.18 bits per heavy atom. The maximum absolute atomic E-state index is 13.3. The highest BCUT2D eigenvalue weighted by molar-refractivity contribution is 5.94. The van der Waals surface area contributed by atoms with Crippen molar-refractivity contribution in [1.82, 2.24) is 19.6 Å². The molecule has 4 rings (SSSR count). The molecule has 7 heteroatoms. The SMILES string of the molecule is Cn1cc([C@H]2[C@H](CN3CCCCC3)OCCN2C(=O)c2ccc(F)cc2)cn1. The largest absolute Gasteiger partial charge is 0.373 e. The van der Waals surface area contributed by atoms with E-state index in [1.807, 2.05) is 24.3 Å².